The van der Waals surface area contributed by atoms with Crippen molar-refractivity contribution in [1.82, 2.24) is 30.3 Å². The van der Waals surface area contributed by atoms with Crippen molar-refractivity contribution in [2.75, 3.05) is 20.2 Å². The van der Waals surface area contributed by atoms with Crippen LogP contribution < -0.4 is 10.6 Å². The van der Waals surface area contributed by atoms with Crippen molar-refractivity contribution >= 4 is 35.8 Å². The van der Waals surface area contributed by atoms with E-state index in [1.54, 1.807) is 7.11 Å². The summed E-state index contributed by atoms with van der Waals surface area (Å²) in [5.41, 5.74) is 2.52. The molecule has 10 heteroatoms. The van der Waals surface area contributed by atoms with E-state index in [2.05, 4.69) is 39.8 Å². The lowest BCUT2D eigenvalue weighted by molar-refractivity contribution is -0.131. The summed E-state index contributed by atoms with van der Waals surface area (Å²) in [5, 5.41) is 11.4. The number of methoxy groups -OCH3 is 1. The number of carbonyl (C=O) groups is 1. The molecule has 4 rings (SSSR count). The van der Waals surface area contributed by atoms with Gasteiger partial charge in [-0.25, -0.2) is 9.67 Å². The number of benzene rings is 1. The van der Waals surface area contributed by atoms with Crippen LogP contribution in [-0.4, -0.2) is 57.8 Å². The van der Waals surface area contributed by atoms with Gasteiger partial charge >= 0.3 is 0 Å². The molecule has 1 amide bonds. The summed E-state index contributed by atoms with van der Waals surface area (Å²) in [7, 11) is 1.65. The summed E-state index contributed by atoms with van der Waals surface area (Å²) in [6, 6.07) is 8.51. The summed E-state index contributed by atoms with van der Waals surface area (Å²) in [6.45, 7) is 6.09. The summed E-state index contributed by atoms with van der Waals surface area (Å²) in [6.07, 6.45) is 3.11. The number of hydrogen-bond acceptors (Lipinski definition) is 5. The Morgan fingerprint density at radius 2 is 2.03 bits per heavy atom. The molecule has 0 saturated heterocycles. The van der Waals surface area contributed by atoms with Crippen LogP contribution in [-0.2, 0) is 42.2 Å². The van der Waals surface area contributed by atoms with Crippen LogP contribution in [0.2, 0.25) is 0 Å². The molecule has 2 N–H and O–H groups in total. The van der Waals surface area contributed by atoms with Crippen LogP contribution in [0.3, 0.4) is 0 Å². The second-order valence-electron chi connectivity index (χ2n) is 8.32. The number of halogens is 1. The van der Waals surface area contributed by atoms with Crippen molar-refractivity contribution in [1.29, 1.82) is 0 Å². The van der Waals surface area contributed by atoms with Crippen LogP contribution in [0.4, 0.5) is 0 Å². The zero-order chi connectivity index (χ0) is 22.3. The van der Waals surface area contributed by atoms with E-state index in [1.807, 2.05) is 21.7 Å². The Kier molecular flexibility index (Phi) is 9.48. The zero-order valence-corrected chi connectivity index (χ0v) is 21.7. The predicted molar refractivity (Wildman–Crippen MR) is 137 cm³/mol. The van der Waals surface area contributed by atoms with Gasteiger partial charge in [-0.3, -0.25) is 9.79 Å². The second-order valence-corrected chi connectivity index (χ2v) is 8.32. The molecule has 0 spiro atoms. The van der Waals surface area contributed by atoms with Gasteiger partial charge in [0.15, 0.2) is 11.8 Å². The normalized spacial score (nSPS) is 17.2. The molecule has 1 aromatic heterocycles. The molecule has 2 aliphatic heterocycles. The highest BCUT2D eigenvalue weighted by Crippen LogP contribution is 2.23. The number of nitrogens with one attached hydrogen (secondary N) is 2. The lowest BCUT2D eigenvalue weighted by Crippen LogP contribution is -2.47. The van der Waals surface area contributed by atoms with E-state index in [9.17, 15) is 4.79 Å². The molecule has 9 nitrogen and oxygen atoms in total. The molecule has 1 unspecified atom stereocenters. The van der Waals surface area contributed by atoms with Crippen molar-refractivity contribution in [3.8, 4) is 0 Å². The quantitative estimate of drug-likeness (QED) is 0.220. The second kappa shape index (κ2) is 12.3. The molecule has 2 aliphatic rings. The monoisotopic (exact) mass is 567 g/mol. The molecule has 0 bridgehead atoms. The zero-order valence-electron chi connectivity index (χ0n) is 19.4. The van der Waals surface area contributed by atoms with Crippen LogP contribution in [0.15, 0.2) is 29.3 Å². The average molecular weight is 567 g/mol. The van der Waals surface area contributed by atoms with E-state index < -0.39 is 0 Å². The minimum atomic E-state index is 0. The predicted octanol–water partition coefficient (Wildman–Crippen LogP) is 2.23. The molecule has 2 aromatic rings. The van der Waals surface area contributed by atoms with Crippen LogP contribution in [0, 0.1) is 0 Å². The minimum Gasteiger partial charge on any atom is -0.377 e. The lowest BCUT2D eigenvalue weighted by Gasteiger charge is -2.25. The number of hydrogen-bond donors (Lipinski definition) is 2. The highest BCUT2D eigenvalue weighted by atomic mass is 127. The number of aliphatic imine (C=N–C) groups is 1. The van der Waals surface area contributed by atoms with Crippen molar-refractivity contribution < 1.29 is 9.53 Å². The third-order valence-corrected chi connectivity index (χ3v) is 5.87. The molecule has 3 heterocycles. The van der Waals surface area contributed by atoms with Crippen LogP contribution in [0.1, 0.15) is 49.0 Å². The van der Waals surface area contributed by atoms with Crippen LogP contribution in [0.25, 0.3) is 0 Å². The summed E-state index contributed by atoms with van der Waals surface area (Å²) >= 11 is 0. The molecule has 0 fully saturated rings. The van der Waals surface area contributed by atoms with Gasteiger partial charge in [0.1, 0.15) is 12.4 Å². The van der Waals surface area contributed by atoms with Gasteiger partial charge < -0.3 is 20.3 Å². The number of ether oxygens (including phenoxy) is 1. The fourth-order valence-electron chi connectivity index (χ4n) is 4.27. The molecule has 180 valence electrons. The molecular formula is C23H34IN7O2. The highest BCUT2D eigenvalue weighted by Gasteiger charge is 2.23. The van der Waals surface area contributed by atoms with Crippen LogP contribution >= 0.6 is 24.0 Å². The largest absolute Gasteiger partial charge is 0.377 e. The first-order valence-electron chi connectivity index (χ1n) is 11.5. The SMILES string of the molecule is CCNC(=NCCCC(=O)N1Cc2ccccc2C1)NC1CCc2nc(COC)nn2C1.I. The van der Waals surface area contributed by atoms with E-state index >= 15 is 0 Å². The maximum atomic E-state index is 12.6. The van der Waals surface area contributed by atoms with Crippen molar-refractivity contribution in [2.24, 2.45) is 4.99 Å². The van der Waals surface area contributed by atoms with E-state index in [1.165, 1.54) is 11.1 Å². The van der Waals surface area contributed by atoms with Gasteiger partial charge in [-0.05, 0) is 30.9 Å². The summed E-state index contributed by atoms with van der Waals surface area (Å²) in [5.74, 6) is 2.74. The van der Waals surface area contributed by atoms with E-state index in [0.717, 1.165) is 63.0 Å². The lowest BCUT2D eigenvalue weighted by atomic mass is 10.1. The van der Waals surface area contributed by atoms with Crippen molar-refractivity contribution in [3.05, 3.63) is 47.0 Å². The van der Waals surface area contributed by atoms with Crippen molar-refractivity contribution in [2.45, 2.75) is 64.9 Å². The number of guanidine groups is 1. The molecule has 1 atom stereocenters. The Bertz CT molecular complexity index is 937. The summed E-state index contributed by atoms with van der Waals surface area (Å²) in [4.78, 5) is 23.8. The van der Waals surface area contributed by atoms with E-state index in [0.29, 0.717) is 19.6 Å². The fourth-order valence-corrected chi connectivity index (χ4v) is 4.27. The first-order valence-corrected chi connectivity index (χ1v) is 11.5. The number of aryl methyl sites for hydroxylation is 1. The fraction of sp³-hybridized carbons (Fsp3) is 0.565. The van der Waals surface area contributed by atoms with Crippen molar-refractivity contribution in [3.63, 3.8) is 0 Å². The number of rotatable bonds is 8. The standard InChI is InChI=1S/C23H33N7O2.HI/c1-3-24-23(26-19-10-11-21-27-20(16-32-2)28-30(21)15-19)25-12-6-9-22(31)29-13-17-7-4-5-8-18(17)14-29;/h4-5,7-8,19H,3,6,9-16H2,1-2H3,(H2,24,25,26);1H. The van der Waals surface area contributed by atoms with Gasteiger partial charge in [0.2, 0.25) is 5.91 Å². The van der Waals surface area contributed by atoms with Gasteiger partial charge in [0.05, 0.1) is 6.54 Å². The number of amides is 1. The topological polar surface area (TPSA) is 96.7 Å². The Labute approximate surface area is 212 Å². The third-order valence-electron chi connectivity index (χ3n) is 5.87. The number of aromatic nitrogens is 3. The Morgan fingerprint density at radius 1 is 1.27 bits per heavy atom. The van der Waals surface area contributed by atoms with Gasteiger partial charge in [-0.15, -0.1) is 24.0 Å². The summed E-state index contributed by atoms with van der Waals surface area (Å²) < 4.78 is 7.10. The Hall–Kier alpha value is -2.21. The maximum absolute atomic E-state index is 12.6. The first kappa shape index (κ1) is 25.4. The van der Waals surface area contributed by atoms with Gasteiger partial charge in [0.25, 0.3) is 0 Å². The molecule has 0 aliphatic carbocycles. The average Bonchev–Trinajstić information content (AvgIpc) is 3.40. The molecular weight excluding hydrogens is 533 g/mol. The minimum absolute atomic E-state index is 0. The van der Waals surface area contributed by atoms with Gasteiger partial charge in [-0.1, -0.05) is 24.3 Å². The number of carbonyl (C=O) groups excluding carboxylic acids is 1. The van der Waals surface area contributed by atoms with E-state index in [4.69, 9.17) is 9.73 Å². The van der Waals surface area contributed by atoms with E-state index in [-0.39, 0.29) is 35.9 Å². The third kappa shape index (κ3) is 6.66. The smallest absolute Gasteiger partial charge is 0.223 e. The molecule has 33 heavy (non-hydrogen) atoms. The molecule has 1 aromatic carbocycles. The molecule has 0 saturated carbocycles. The maximum Gasteiger partial charge on any atom is 0.223 e. The molecule has 0 radical (unpaired) electrons. The first-order chi connectivity index (χ1) is 15.7. The highest BCUT2D eigenvalue weighted by molar-refractivity contribution is 14.0. The number of nitrogens with zero attached hydrogens (tertiary/aromatic N) is 5. The Balaban J connectivity index is 0.00000306. The Morgan fingerprint density at radius 3 is 2.73 bits per heavy atom. The van der Waals surface area contributed by atoms with Gasteiger partial charge in [0, 0.05) is 52.2 Å². The van der Waals surface area contributed by atoms with Gasteiger partial charge in [-0.2, -0.15) is 5.10 Å². The van der Waals surface area contributed by atoms with Crippen LogP contribution in [0.5, 0.6) is 0 Å². The number of fused-ring (bicyclic) bond motifs is 2.